The Morgan fingerprint density at radius 1 is 1.08 bits per heavy atom. The second-order valence-corrected chi connectivity index (χ2v) is 5.32. The van der Waals surface area contributed by atoms with E-state index < -0.39 is 12.1 Å². The summed E-state index contributed by atoms with van der Waals surface area (Å²) in [5, 5.41) is 5.30. The highest BCUT2D eigenvalue weighted by atomic mass is 16.5. The van der Waals surface area contributed by atoms with Crippen molar-refractivity contribution in [1.82, 2.24) is 10.6 Å². The SMILES string of the molecule is COc1cccc(CNC(=O)[C@H](Cc2ccccc2)NC(N)=O)c1. The van der Waals surface area contributed by atoms with E-state index in [-0.39, 0.29) is 5.91 Å². The number of hydrogen-bond donors (Lipinski definition) is 3. The van der Waals surface area contributed by atoms with Gasteiger partial charge in [-0.25, -0.2) is 4.79 Å². The maximum absolute atomic E-state index is 12.4. The first-order valence-electron chi connectivity index (χ1n) is 7.59. The zero-order valence-corrected chi connectivity index (χ0v) is 13.5. The molecular formula is C18H21N3O3. The molecule has 1 atom stereocenters. The molecule has 0 aliphatic heterocycles. The van der Waals surface area contributed by atoms with Crippen molar-refractivity contribution in [2.75, 3.05) is 7.11 Å². The van der Waals surface area contributed by atoms with Crippen LogP contribution in [0, 0.1) is 0 Å². The number of amides is 3. The fourth-order valence-corrected chi connectivity index (χ4v) is 2.33. The molecule has 0 radical (unpaired) electrons. The first-order valence-corrected chi connectivity index (χ1v) is 7.59. The van der Waals surface area contributed by atoms with Crippen LogP contribution in [0.25, 0.3) is 0 Å². The van der Waals surface area contributed by atoms with Crippen LogP contribution >= 0.6 is 0 Å². The van der Waals surface area contributed by atoms with E-state index in [1.54, 1.807) is 7.11 Å². The summed E-state index contributed by atoms with van der Waals surface area (Å²) < 4.78 is 5.15. The number of hydrogen-bond acceptors (Lipinski definition) is 3. The Morgan fingerprint density at radius 3 is 2.46 bits per heavy atom. The third kappa shape index (κ3) is 5.31. The summed E-state index contributed by atoms with van der Waals surface area (Å²) in [6, 6.07) is 15.4. The van der Waals surface area contributed by atoms with Crippen LogP contribution in [0.5, 0.6) is 5.75 Å². The third-order valence-corrected chi connectivity index (χ3v) is 3.52. The first kappa shape index (κ1) is 17.3. The van der Waals surface area contributed by atoms with E-state index in [0.29, 0.717) is 13.0 Å². The van der Waals surface area contributed by atoms with Gasteiger partial charge in [0.05, 0.1) is 7.11 Å². The molecule has 3 amide bonds. The van der Waals surface area contributed by atoms with Crippen LogP contribution in [0.4, 0.5) is 4.79 Å². The maximum Gasteiger partial charge on any atom is 0.312 e. The normalized spacial score (nSPS) is 11.4. The van der Waals surface area contributed by atoms with Gasteiger partial charge in [0.1, 0.15) is 11.8 Å². The third-order valence-electron chi connectivity index (χ3n) is 3.52. The van der Waals surface area contributed by atoms with Crippen molar-refractivity contribution < 1.29 is 14.3 Å². The topological polar surface area (TPSA) is 93.4 Å². The number of rotatable bonds is 7. The summed E-state index contributed by atoms with van der Waals surface area (Å²) in [7, 11) is 1.59. The summed E-state index contributed by atoms with van der Waals surface area (Å²) in [5.74, 6) is 0.429. The van der Waals surface area contributed by atoms with Gasteiger partial charge in [-0.15, -0.1) is 0 Å². The Balaban J connectivity index is 2.00. The van der Waals surface area contributed by atoms with E-state index in [4.69, 9.17) is 10.5 Å². The van der Waals surface area contributed by atoms with Gasteiger partial charge in [-0.1, -0.05) is 42.5 Å². The molecule has 0 saturated heterocycles. The molecule has 0 fully saturated rings. The molecule has 2 aromatic carbocycles. The molecule has 126 valence electrons. The second kappa shape index (κ2) is 8.57. The van der Waals surface area contributed by atoms with Gasteiger partial charge in [-0.05, 0) is 23.3 Å². The van der Waals surface area contributed by atoms with Crippen LogP contribution in [-0.2, 0) is 17.8 Å². The van der Waals surface area contributed by atoms with Gasteiger partial charge in [0, 0.05) is 13.0 Å². The molecule has 0 saturated carbocycles. The lowest BCUT2D eigenvalue weighted by molar-refractivity contribution is -0.123. The number of urea groups is 1. The molecule has 0 unspecified atom stereocenters. The van der Waals surface area contributed by atoms with E-state index in [1.165, 1.54) is 0 Å². The number of primary amides is 1. The molecule has 24 heavy (non-hydrogen) atoms. The fourth-order valence-electron chi connectivity index (χ4n) is 2.33. The van der Waals surface area contributed by atoms with Gasteiger partial charge in [0.25, 0.3) is 0 Å². The van der Waals surface area contributed by atoms with Crippen molar-refractivity contribution in [3.63, 3.8) is 0 Å². The standard InChI is InChI=1S/C18H21N3O3/c1-24-15-9-5-8-14(10-15)12-20-17(22)16(21-18(19)23)11-13-6-3-2-4-7-13/h2-10,16H,11-12H2,1H3,(H,20,22)(H3,19,21,23)/t16-/m0/s1. The quantitative estimate of drug-likeness (QED) is 0.721. The van der Waals surface area contributed by atoms with Gasteiger partial charge >= 0.3 is 6.03 Å². The average Bonchev–Trinajstić information content (AvgIpc) is 2.60. The zero-order chi connectivity index (χ0) is 17.4. The molecule has 6 nitrogen and oxygen atoms in total. The van der Waals surface area contributed by atoms with E-state index in [1.807, 2.05) is 54.6 Å². The van der Waals surface area contributed by atoms with Crippen molar-refractivity contribution in [3.05, 3.63) is 65.7 Å². The lowest BCUT2D eigenvalue weighted by Gasteiger charge is -2.17. The van der Waals surface area contributed by atoms with Crippen molar-refractivity contribution in [2.45, 2.75) is 19.0 Å². The Morgan fingerprint density at radius 2 is 1.79 bits per heavy atom. The number of carbonyl (C=O) groups excluding carboxylic acids is 2. The molecule has 2 aromatic rings. The molecule has 0 aliphatic carbocycles. The zero-order valence-electron chi connectivity index (χ0n) is 13.5. The largest absolute Gasteiger partial charge is 0.497 e. The monoisotopic (exact) mass is 327 g/mol. The summed E-state index contributed by atoms with van der Waals surface area (Å²) in [6.45, 7) is 0.335. The van der Waals surface area contributed by atoms with E-state index in [9.17, 15) is 9.59 Å². The summed E-state index contributed by atoms with van der Waals surface area (Å²) in [5.41, 5.74) is 7.02. The van der Waals surface area contributed by atoms with Gasteiger partial charge in [0.15, 0.2) is 0 Å². The number of benzene rings is 2. The Hall–Kier alpha value is -3.02. The summed E-state index contributed by atoms with van der Waals surface area (Å²) in [4.78, 5) is 23.6. The Labute approximate surface area is 141 Å². The molecule has 6 heteroatoms. The summed E-state index contributed by atoms with van der Waals surface area (Å²) in [6.07, 6.45) is 0.369. The van der Waals surface area contributed by atoms with Gasteiger partial charge in [-0.2, -0.15) is 0 Å². The number of nitrogens with one attached hydrogen (secondary N) is 2. The van der Waals surface area contributed by atoms with Gasteiger partial charge < -0.3 is 21.1 Å². The second-order valence-electron chi connectivity index (χ2n) is 5.32. The van der Waals surface area contributed by atoms with Crippen LogP contribution < -0.4 is 21.1 Å². The van der Waals surface area contributed by atoms with Crippen molar-refractivity contribution >= 4 is 11.9 Å². The fraction of sp³-hybridized carbons (Fsp3) is 0.222. The Kier molecular flexibility index (Phi) is 6.19. The minimum Gasteiger partial charge on any atom is -0.497 e. The Bertz CT molecular complexity index is 689. The predicted molar refractivity (Wildman–Crippen MR) is 91.5 cm³/mol. The minimum atomic E-state index is -0.729. The van der Waals surface area contributed by atoms with Crippen LogP contribution in [-0.4, -0.2) is 25.1 Å². The smallest absolute Gasteiger partial charge is 0.312 e. The lowest BCUT2D eigenvalue weighted by Crippen LogP contribution is -2.49. The first-order chi connectivity index (χ1) is 11.6. The summed E-state index contributed by atoms with van der Waals surface area (Å²) >= 11 is 0. The highest BCUT2D eigenvalue weighted by Gasteiger charge is 2.20. The van der Waals surface area contributed by atoms with E-state index in [2.05, 4.69) is 10.6 Å². The average molecular weight is 327 g/mol. The molecule has 0 aromatic heterocycles. The molecule has 0 heterocycles. The van der Waals surface area contributed by atoms with Crippen molar-refractivity contribution in [2.24, 2.45) is 5.73 Å². The highest BCUT2D eigenvalue weighted by Crippen LogP contribution is 2.12. The molecule has 0 spiro atoms. The number of ether oxygens (including phenoxy) is 1. The molecular weight excluding hydrogens is 306 g/mol. The number of carbonyl (C=O) groups is 2. The molecule has 0 bridgehead atoms. The van der Waals surface area contributed by atoms with Gasteiger partial charge in [-0.3, -0.25) is 4.79 Å². The molecule has 0 aliphatic rings. The predicted octanol–water partition coefficient (Wildman–Crippen LogP) is 1.59. The molecule has 2 rings (SSSR count). The van der Waals surface area contributed by atoms with Crippen LogP contribution in [0.1, 0.15) is 11.1 Å². The number of methoxy groups -OCH3 is 1. The lowest BCUT2D eigenvalue weighted by atomic mass is 10.1. The minimum absolute atomic E-state index is 0.291. The van der Waals surface area contributed by atoms with Crippen LogP contribution in [0.3, 0.4) is 0 Å². The maximum atomic E-state index is 12.4. The highest BCUT2D eigenvalue weighted by molar-refractivity contribution is 5.86. The van der Waals surface area contributed by atoms with Crippen LogP contribution in [0.15, 0.2) is 54.6 Å². The number of nitrogens with two attached hydrogens (primary N) is 1. The van der Waals surface area contributed by atoms with Crippen molar-refractivity contribution in [3.8, 4) is 5.75 Å². The van der Waals surface area contributed by atoms with Crippen molar-refractivity contribution in [1.29, 1.82) is 0 Å². The van der Waals surface area contributed by atoms with Gasteiger partial charge in [0.2, 0.25) is 5.91 Å². The van der Waals surface area contributed by atoms with E-state index >= 15 is 0 Å². The molecule has 4 N–H and O–H groups in total. The van der Waals surface area contributed by atoms with Crippen LogP contribution in [0.2, 0.25) is 0 Å². The van der Waals surface area contributed by atoms with E-state index in [0.717, 1.165) is 16.9 Å².